The number of hydrogen-bond donors (Lipinski definition) is 1. The number of benzene rings is 3. The van der Waals surface area contributed by atoms with E-state index in [1.54, 1.807) is 12.3 Å². The van der Waals surface area contributed by atoms with Crippen molar-refractivity contribution in [3.8, 4) is 22.8 Å². The van der Waals surface area contributed by atoms with Crippen LogP contribution in [0.2, 0.25) is 0 Å². The van der Waals surface area contributed by atoms with Crippen LogP contribution in [-0.2, 0) is 37.7 Å². The van der Waals surface area contributed by atoms with Gasteiger partial charge in [-0.05, 0) is 67.0 Å². The molecule has 0 bridgehead atoms. The zero-order valence-corrected chi connectivity index (χ0v) is 34.8. The fourth-order valence-electron chi connectivity index (χ4n) is 6.15. The van der Waals surface area contributed by atoms with Crippen molar-refractivity contribution in [3.05, 3.63) is 77.7 Å². The normalized spacial score (nSPS) is 14.4. The van der Waals surface area contributed by atoms with Crippen molar-refractivity contribution in [1.29, 1.82) is 0 Å². The van der Waals surface area contributed by atoms with Gasteiger partial charge in [0.25, 0.3) is 0 Å². The van der Waals surface area contributed by atoms with E-state index in [0.717, 1.165) is 55.9 Å². The Morgan fingerprint density at radius 1 is 0.923 bits per heavy atom. The summed E-state index contributed by atoms with van der Waals surface area (Å²) in [6.45, 7) is 20.3. The molecule has 1 radical (unpaired) electrons. The SMILES string of the molecule is CCC(C)(CC)C(=O)/C=C(\O)C(C)(CC)CC.[2H]C([2H])(c1cc2c3c(nccc3c1)-c1[c-]c3ccccc3c(CC(C)(C)C)c1O2)C(C)(C)C(F)(F)F.[Ir]. The third kappa shape index (κ3) is 8.93. The summed E-state index contributed by atoms with van der Waals surface area (Å²) < 4.78 is 65.1. The Labute approximate surface area is 324 Å². The first-order chi connectivity index (χ1) is 24.4. The maximum absolute atomic E-state index is 13.9. The number of rotatable bonds is 10. The molecule has 0 spiro atoms. The molecule has 3 aromatic carbocycles. The number of hydrogen-bond acceptors (Lipinski definition) is 4. The molecule has 0 fully saturated rings. The molecule has 1 N–H and O–H groups in total. The fraction of sp³-hybridized carbons (Fsp3) is 0.500. The number of carbonyl (C=O) groups excluding carboxylic acids is 1. The molecule has 4 nitrogen and oxygen atoms in total. The van der Waals surface area contributed by atoms with Crippen molar-refractivity contribution in [1.82, 2.24) is 4.98 Å². The van der Waals surface area contributed by atoms with Crippen LogP contribution in [0.1, 0.15) is 116 Å². The van der Waals surface area contributed by atoms with Crippen molar-refractivity contribution < 1.29 is 50.7 Å². The average molecular weight is 897 g/mol. The molecule has 285 valence electrons. The molecule has 1 aromatic heterocycles. The minimum atomic E-state index is -4.74. The van der Waals surface area contributed by atoms with Gasteiger partial charge in [0.15, 0.2) is 5.78 Å². The quantitative estimate of drug-likeness (QED) is 0.0862. The third-order valence-corrected chi connectivity index (χ3v) is 10.8. The summed E-state index contributed by atoms with van der Waals surface area (Å²) in [6, 6.07) is 15.9. The molecule has 0 atom stereocenters. The maximum atomic E-state index is 13.9. The van der Waals surface area contributed by atoms with Crippen molar-refractivity contribution >= 4 is 27.3 Å². The number of allylic oxidation sites excluding steroid dienone is 2. The van der Waals surface area contributed by atoms with E-state index in [2.05, 4.69) is 31.8 Å². The van der Waals surface area contributed by atoms with Crippen molar-refractivity contribution in [2.75, 3.05) is 0 Å². The van der Waals surface area contributed by atoms with Crippen LogP contribution in [0.25, 0.3) is 32.8 Å². The summed E-state index contributed by atoms with van der Waals surface area (Å²) in [4.78, 5) is 16.8. The molecular formula is C44H55F3IrNO3-. The van der Waals surface area contributed by atoms with Crippen molar-refractivity contribution in [2.45, 2.75) is 121 Å². The number of ketones is 1. The predicted molar refractivity (Wildman–Crippen MR) is 203 cm³/mol. The number of aliphatic hydroxyl groups is 1. The van der Waals surface area contributed by atoms with E-state index in [0.29, 0.717) is 39.9 Å². The Morgan fingerprint density at radius 3 is 2.08 bits per heavy atom. The zero-order chi connectivity index (χ0) is 39.9. The van der Waals surface area contributed by atoms with Crippen LogP contribution in [0.4, 0.5) is 13.2 Å². The van der Waals surface area contributed by atoms with Gasteiger partial charge in [-0.2, -0.15) is 13.2 Å². The van der Waals surface area contributed by atoms with Gasteiger partial charge in [0, 0.05) is 57.0 Å². The van der Waals surface area contributed by atoms with Crippen LogP contribution in [0.15, 0.2) is 60.5 Å². The zero-order valence-electron chi connectivity index (χ0n) is 34.4. The third-order valence-electron chi connectivity index (χ3n) is 10.8. The first-order valence-corrected chi connectivity index (χ1v) is 18.0. The summed E-state index contributed by atoms with van der Waals surface area (Å²) in [5.41, 5.74) is -1.07. The monoisotopic (exact) mass is 897 g/mol. The van der Waals surface area contributed by atoms with Crippen LogP contribution < -0.4 is 4.74 Å². The van der Waals surface area contributed by atoms with Gasteiger partial charge in [0.2, 0.25) is 0 Å². The molecule has 0 unspecified atom stereocenters. The Kier molecular flexibility index (Phi) is 12.3. The van der Waals surface area contributed by atoms with E-state index < -0.39 is 18.0 Å². The minimum absolute atomic E-state index is 0. The van der Waals surface area contributed by atoms with Gasteiger partial charge in [-0.15, -0.1) is 17.5 Å². The molecule has 0 amide bonds. The summed E-state index contributed by atoms with van der Waals surface area (Å²) in [6.07, 6.45) is -0.404. The second-order valence-corrected chi connectivity index (χ2v) is 16.1. The van der Waals surface area contributed by atoms with Gasteiger partial charge in [-0.3, -0.25) is 9.78 Å². The largest absolute Gasteiger partial charge is 0.512 e. The van der Waals surface area contributed by atoms with E-state index in [1.165, 1.54) is 18.2 Å². The van der Waals surface area contributed by atoms with E-state index >= 15 is 0 Å². The predicted octanol–water partition coefficient (Wildman–Crippen LogP) is 13.3. The molecule has 52 heavy (non-hydrogen) atoms. The van der Waals surface area contributed by atoms with Gasteiger partial charge >= 0.3 is 6.18 Å². The minimum Gasteiger partial charge on any atom is -0.512 e. The first kappa shape index (κ1) is 40.0. The second-order valence-electron chi connectivity index (χ2n) is 16.1. The standard InChI is InChI=1S/C29H27F3NO.C15H28O2.Ir/c1-27(2,3)16-22-20-9-7-6-8-18(20)14-21-25-24-19(10-11-33-25)12-17(13-23(24)34-26(21)22)15-28(4,5)29(30,31)32;1-7-14(5,8-2)12(16)11-13(17)15(6,9-3)10-4;/h6-13H,15-16H2,1-5H3;11,16H,7-10H2,1-6H3;/q-1;;/b;12-11-;/i15D2;;. The number of aromatic nitrogens is 1. The molecule has 1 aliphatic heterocycles. The number of aliphatic hydroxyl groups excluding tert-OH is 1. The molecule has 0 saturated carbocycles. The molecule has 2 heterocycles. The van der Waals surface area contributed by atoms with Crippen LogP contribution >= 0.6 is 0 Å². The molecular weight excluding hydrogens is 840 g/mol. The molecule has 0 aliphatic carbocycles. The Bertz CT molecular complexity index is 2020. The average Bonchev–Trinajstić information content (AvgIpc) is 3.10. The molecule has 8 heteroatoms. The van der Waals surface area contributed by atoms with Crippen LogP contribution in [-0.4, -0.2) is 22.1 Å². The van der Waals surface area contributed by atoms with Crippen LogP contribution in [0, 0.1) is 27.7 Å². The number of halogens is 3. The van der Waals surface area contributed by atoms with Crippen molar-refractivity contribution in [2.24, 2.45) is 21.7 Å². The van der Waals surface area contributed by atoms with Crippen LogP contribution in [0.5, 0.6) is 11.5 Å². The Morgan fingerprint density at radius 2 is 1.52 bits per heavy atom. The van der Waals surface area contributed by atoms with Gasteiger partial charge in [0.05, 0.1) is 11.2 Å². The van der Waals surface area contributed by atoms with E-state index in [9.17, 15) is 23.1 Å². The number of fused-ring (bicyclic) bond motifs is 3. The van der Waals surface area contributed by atoms with Crippen molar-refractivity contribution in [3.63, 3.8) is 0 Å². The fourth-order valence-corrected chi connectivity index (χ4v) is 6.15. The topological polar surface area (TPSA) is 59.4 Å². The second kappa shape index (κ2) is 16.0. The smallest absolute Gasteiger partial charge is 0.394 e. The van der Waals surface area contributed by atoms with E-state index in [4.69, 9.17) is 7.48 Å². The number of carbonyl (C=O) groups is 1. The molecule has 0 saturated heterocycles. The van der Waals surface area contributed by atoms with Crippen LogP contribution in [0.3, 0.4) is 0 Å². The van der Waals surface area contributed by atoms with Gasteiger partial charge < -0.3 is 9.84 Å². The number of alkyl halides is 3. The first-order valence-electron chi connectivity index (χ1n) is 19.0. The summed E-state index contributed by atoms with van der Waals surface area (Å²) >= 11 is 0. The summed E-state index contributed by atoms with van der Waals surface area (Å²) in [7, 11) is 0. The number of pyridine rings is 1. The van der Waals surface area contributed by atoms with Gasteiger partial charge in [-0.25, -0.2) is 0 Å². The summed E-state index contributed by atoms with van der Waals surface area (Å²) in [5.74, 6) is 1.16. The van der Waals surface area contributed by atoms with Gasteiger partial charge in [-0.1, -0.05) is 117 Å². The molecule has 4 aromatic rings. The van der Waals surface area contributed by atoms with Gasteiger partial charge in [0.1, 0.15) is 11.5 Å². The maximum Gasteiger partial charge on any atom is 0.394 e. The Balaban J connectivity index is 0.000000372. The Hall–Kier alpha value is -3.22. The summed E-state index contributed by atoms with van der Waals surface area (Å²) in [5, 5.41) is 13.3. The number of nitrogens with zero attached hydrogens (tertiary/aromatic N) is 1. The molecule has 1 aliphatic rings. The van der Waals surface area contributed by atoms with E-state index in [1.807, 2.05) is 65.8 Å². The number of ether oxygens (including phenoxy) is 1. The van der Waals surface area contributed by atoms with E-state index in [-0.39, 0.29) is 53.5 Å². The molecule has 5 rings (SSSR count).